The molecule has 1 fully saturated rings. The quantitative estimate of drug-likeness (QED) is 0.884. The summed E-state index contributed by atoms with van der Waals surface area (Å²) in [5.74, 6) is 2.63. The summed E-state index contributed by atoms with van der Waals surface area (Å²) in [7, 11) is 0. The van der Waals surface area contributed by atoms with Crippen molar-refractivity contribution in [1.29, 1.82) is 0 Å². The monoisotopic (exact) mass is 250 g/mol. The number of rotatable bonds is 4. The zero-order valence-electron chi connectivity index (χ0n) is 10.6. The maximum atomic E-state index is 3.49. The second-order valence-corrected chi connectivity index (χ2v) is 5.83. The fourth-order valence-electron chi connectivity index (χ4n) is 2.05. The largest absolute Gasteiger partial charge is 0.384 e. The molecule has 0 spiro atoms. The normalized spacial score (nSPS) is 17.7. The van der Waals surface area contributed by atoms with Crippen LogP contribution in [-0.4, -0.2) is 42.6 Å². The number of nitrogens with zero attached hydrogens (tertiary/aromatic N) is 1. The molecular formula is C14H22N2S. The molecule has 1 aliphatic rings. The van der Waals surface area contributed by atoms with Crippen molar-refractivity contribution >= 4 is 17.4 Å². The highest BCUT2D eigenvalue weighted by atomic mass is 32.2. The van der Waals surface area contributed by atoms with Gasteiger partial charge in [0.15, 0.2) is 0 Å². The van der Waals surface area contributed by atoms with Crippen molar-refractivity contribution < 1.29 is 0 Å². The first-order chi connectivity index (χ1) is 8.34. The average Bonchev–Trinajstić information content (AvgIpc) is 2.60. The second-order valence-electron chi connectivity index (χ2n) is 4.60. The summed E-state index contributed by atoms with van der Waals surface area (Å²) in [4.78, 5) is 2.57. The van der Waals surface area contributed by atoms with Crippen LogP contribution in [0.4, 0.5) is 5.69 Å². The maximum Gasteiger partial charge on any atom is 0.0340 e. The summed E-state index contributed by atoms with van der Waals surface area (Å²) in [5, 5.41) is 3.49. The lowest BCUT2D eigenvalue weighted by Crippen LogP contribution is -2.31. The van der Waals surface area contributed by atoms with Crippen molar-refractivity contribution in [3.05, 3.63) is 29.8 Å². The average molecular weight is 250 g/mol. The Bertz CT molecular complexity index is 315. The van der Waals surface area contributed by atoms with Crippen molar-refractivity contribution in [3.8, 4) is 0 Å². The Hall–Kier alpha value is -0.670. The van der Waals surface area contributed by atoms with Gasteiger partial charge in [0.1, 0.15) is 0 Å². The molecule has 1 aromatic rings. The van der Waals surface area contributed by atoms with Gasteiger partial charge in [0.2, 0.25) is 0 Å². The molecule has 0 saturated carbocycles. The third-order valence-corrected chi connectivity index (χ3v) is 4.17. The van der Waals surface area contributed by atoms with Crippen LogP contribution in [0, 0.1) is 6.92 Å². The predicted octanol–water partition coefficient (Wildman–Crippen LogP) is 2.85. The lowest BCUT2D eigenvalue weighted by atomic mass is 10.2. The maximum absolute atomic E-state index is 3.49. The van der Waals surface area contributed by atoms with E-state index in [2.05, 4.69) is 53.2 Å². The highest BCUT2D eigenvalue weighted by Crippen LogP contribution is 2.10. The summed E-state index contributed by atoms with van der Waals surface area (Å²) in [6.07, 6.45) is 1.34. The minimum Gasteiger partial charge on any atom is -0.384 e. The standard InChI is InChI=1S/C14H22N2S/c1-13-3-5-14(6-4-13)15-7-9-16-8-2-11-17-12-10-16/h3-6,15H,2,7-12H2,1H3. The van der Waals surface area contributed by atoms with E-state index in [0.29, 0.717) is 0 Å². The molecule has 0 bridgehead atoms. The number of benzene rings is 1. The predicted molar refractivity (Wildman–Crippen MR) is 78.1 cm³/mol. The van der Waals surface area contributed by atoms with Crippen molar-refractivity contribution in [3.63, 3.8) is 0 Å². The smallest absolute Gasteiger partial charge is 0.0340 e. The summed E-state index contributed by atoms with van der Waals surface area (Å²) >= 11 is 2.09. The van der Waals surface area contributed by atoms with Gasteiger partial charge < -0.3 is 10.2 Å². The number of nitrogens with one attached hydrogen (secondary N) is 1. The number of hydrogen-bond donors (Lipinski definition) is 1. The first-order valence-electron chi connectivity index (χ1n) is 6.45. The Morgan fingerprint density at radius 2 is 2.00 bits per heavy atom. The van der Waals surface area contributed by atoms with Crippen molar-refractivity contribution in [2.75, 3.05) is 43.0 Å². The zero-order valence-corrected chi connectivity index (χ0v) is 11.4. The van der Waals surface area contributed by atoms with Gasteiger partial charge in [0.05, 0.1) is 0 Å². The fourth-order valence-corrected chi connectivity index (χ4v) is 2.98. The van der Waals surface area contributed by atoms with E-state index < -0.39 is 0 Å². The summed E-state index contributed by atoms with van der Waals surface area (Å²) in [5.41, 5.74) is 2.56. The molecular weight excluding hydrogens is 228 g/mol. The van der Waals surface area contributed by atoms with E-state index in [1.807, 2.05) is 0 Å². The SMILES string of the molecule is Cc1ccc(NCCN2CCCSCC2)cc1. The van der Waals surface area contributed by atoms with Gasteiger partial charge in [-0.05, 0) is 37.8 Å². The molecule has 1 aromatic carbocycles. The topological polar surface area (TPSA) is 15.3 Å². The van der Waals surface area contributed by atoms with Gasteiger partial charge in [-0.3, -0.25) is 0 Å². The van der Waals surface area contributed by atoms with Crippen LogP contribution < -0.4 is 5.32 Å². The van der Waals surface area contributed by atoms with Crippen molar-refractivity contribution in [2.45, 2.75) is 13.3 Å². The molecule has 2 rings (SSSR count). The van der Waals surface area contributed by atoms with E-state index in [0.717, 1.165) is 13.1 Å². The Morgan fingerprint density at radius 1 is 1.18 bits per heavy atom. The van der Waals surface area contributed by atoms with Crippen LogP contribution in [0.5, 0.6) is 0 Å². The van der Waals surface area contributed by atoms with Gasteiger partial charge in [0.25, 0.3) is 0 Å². The molecule has 0 aliphatic carbocycles. The highest BCUT2D eigenvalue weighted by Gasteiger charge is 2.07. The Morgan fingerprint density at radius 3 is 2.82 bits per heavy atom. The first kappa shape index (κ1) is 12.8. The molecule has 1 saturated heterocycles. The third-order valence-electron chi connectivity index (χ3n) is 3.12. The van der Waals surface area contributed by atoms with Crippen LogP contribution in [0.1, 0.15) is 12.0 Å². The molecule has 0 radical (unpaired) electrons. The minimum atomic E-state index is 1.05. The summed E-state index contributed by atoms with van der Waals surface area (Å²) in [6, 6.07) is 8.64. The molecule has 0 unspecified atom stereocenters. The number of aryl methyl sites for hydroxylation is 1. The van der Waals surface area contributed by atoms with E-state index in [1.165, 1.54) is 42.3 Å². The van der Waals surface area contributed by atoms with Crippen LogP contribution in [-0.2, 0) is 0 Å². The molecule has 3 heteroatoms. The third kappa shape index (κ3) is 4.60. The zero-order chi connectivity index (χ0) is 11.9. The van der Waals surface area contributed by atoms with E-state index in [4.69, 9.17) is 0 Å². The lowest BCUT2D eigenvalue weighted by Gasteiger charge is -2.19. The molecule has 2 nitrogen and oxygen atoms in total. The second kappa shape index (κ2) is 6.92. The van der Waals surface area contributed by atoms with Gasteiger partial charge in [-0.2, -0.15) is 11.8 Å². The molecule has 0 aromatic heterocycles. The van der Waals surface area contributed by atoms with Crippen LogP contribution >= 0.6 is 11.8 Å². The van der Waals surface area contributed by atoms with E-state index >= 15 is 0 Å². The summed E-state index contributed by atoms with van der Waals surface area (Å²) < 4.78 is 0. The fraction of sp³-hybridized carbons (Fsp3) is 0.571. The molecule has 1 aliphatic heterocycles. The number of anilines is 1. The molecule has 0 atom stereocenters. The molecule has 1 N–H and O–H groups in total. The number of hydrogen-bond acceptors (Lipinski definition) is 3. The van der Waals surface area contributed by atoms with Crippen LogP contribution in [0.25, 0.3) is 0 Å². The Balaban J connectivity index is 1.69. The molecule has 17 heavy (non-hydrogen) atoms. The molecule has 1 heterocycles. The van der Waals surface area contributed by atoms with Crippen molar-refractivity contribution in [2.24, 2.45) is 0 Å². The lowest BCUT2D eigenvalue weighted by molar-refractivity contribution is 0.307. The van der Waals surface area contributed by atoms with Crippen LogP contribution in [0.15, 0.2) is 24.3 Å². The minimum absolute atomic E-state index is 1.05. The van der Waals surface area contributed by atoms with Gasteiger partial charge in [0, 0.05) is 31.1 Å². The van der Waals surface area contributed by atoms with Crippen LogP contribution in [0.3, 0.4) is 0 Å². The van der Waals surface area contributed by atoms with Gasteiger partial charge in [-0.1, -0.05) is 17.7 Å². The van der Waals surface area contributed by atoms with E-state index in [-0.39, 0.29) is 0 Å². The number of thioether (sulfide) groups is 1. The molecule has 94 valence electrons. The Labute approximate surface area is 109 Å². The molecule has 0 amide bonds. The van der Waals surface area contributed by atoms with Gasteiger partial charge in [-0.15, -0.1) is 0 Å². The van der Waals surface area contributed by atoms with Gasteiger partial charge >= 0.3 is 0 Å². The van der Waals surface area contributed by atoms with Crippen LogP contribution in [0.2, 0.25) is 0 Å². The Kier molecular flexibility index (Phi) is 5.20. The van der Waals surface area contributed by atoms with E-state index in [9.17, 15) is 0 Å². The van der Waals surface area contributed by atoms with E-state index in [1.54, 1.807) is 0 Å². The van der Waals surface area contributed by atoms with Gasteiger partial charge in [-0.25, -0.2) is 0 Å². The van der Waals surface area contributed by atoms with Crippen molar-refractivity contribution in [1.82, 2.24) is 4.90 Å². The summed E-state index contributed by atoms with van der Waals surface area (Å²) in [6.45, 7) is 6.85. The first-order valence-corrected chi connectivity index (χ1v) is 7.61. The highest BCUT2D eigenvalue weighted by molar-refractivity contribution is 7.99.